The highest BCUT2D eigenvalue weighted by Crippen LogP contribution is 2.44. The zero-order valence-corrected chi connectivity index (χ0v) is 16.7. The fraction of sp³-hybridized carbons (Fsp3) is 0.524. The van der Waals surface area contributed by atoms with Crippen LogP contribution in [0.4, 0.5) is 19.0 Å². The Bertz CT molecular complexity index is 906. The molecule has 30 heavy (non-hydrogen) atoms. The number of anilines is 1. The molecule has 0 saturated heterocycles. The lowest BCUT2D eigenvalue weighted by atomic mass is 9.95. The Morgan fingerprint density at radius 1 is 1.27 bits per heavy atom. The highest BCUT2D eigenvalue weighted by Gasteiger charge is 2.47. The van der Waals surface area contributed by atoms with Gasteiger partial charge in [0.1, 0.15) is 17.1 Å². The normalized spacial score (nSPS) is 22.1. The second-order valence-corrected chi connectivity index (χ2v) is 7.93. The molecule has 4 rings (SSSR count). The Labute approximate surface area is 172 Å². The molecule has 2 aliphatic rings. The maximum absolute atomic E-state index is 13.8. The summed E-state index contributed by atoms with van der Waals surface area (Å²) in [6.45, 7) is 0. The summed E-state index contributed by atoms with van der Waals surface area (Å²) < 4.78 is 47.6. The first-order valence-electron chi connectivity index (χ1n) is 10.2. The number of aromatic nitrogens is 2. The van der Waals surface area contributed by atoms with Gasteiger partial charge in [-0.25, -0.2) is 4.68 Å². The summed E-state index contributed by atoms with van der Waals surface area (Å²) in [6, 6.07) is 4.54. The quantitative estimate of drug-likeness (QED) is 0.755. The number of nitrogens with one attached hydrogen (secondary N) is 2. The van der Waals surface area contributed by atoms with Gasteiger partial charge in [0.2, 0.25) is 0 Å². The van der Waals surface area contributed by atoms with E-state index in [-0.39, 0.29) is 29.8 Å². The summed E-state index contributed by atoms with van der Waals surface area (Å²) in [5.74, 6) is 0.278. The zero-order valence-electron chi connectivity index (χ0n) is 16.7. The largest absolute Gasteiger partial charge is 0.497 e. The molecule has 1 fully saturated rings. The number of methoxy groups -OCH3 is 1. The van der Waals surface area contributed by atoms with E-state index in [1.807, 2.05) is 0 Å². The number of amides is 1. The van der Waals surface area contributed by atoms with Crippen molar-refractivity contribution in [2.45, 2.75) is 62.8 Å². The van der Waals surface area contributed by atoms with Gasteiger partial charge in [-0.05, 0) is 30.5 Å². The standard InChI is InChI=1S/C21H25F3N4O2/c1-30-15-9-5-6-13(10-15)17-11-18(21(22,23)24)28-19(27-17)16(12-25-28)20(29)26-14-7-3-2-4-8-14/h5-6,9-10,12,14,17-18,27H,2-4,7-8,11H2,1H3,(H,26,29)/t17-,18+/m0/s1. The molecule has 1 aliphatic heterocycles. The van der Waals surface area contributed by atoms with Crippen LogP contribution in [0.2, 0.25) is 0 Å². The Morgan fingerprint density at radius 2 is 2.03 bits per heavy atom. The summed E-state index contributed by atoms with van der Waals surface area (Å²) >= 11 is 0. The molecule has 2 N–H and O–H groups in total. The number of hydrogen-bond acceptors (Lipinski definition) is 4. The van der Waals surface area contributed by atoms with Crippen molar-refractivity contribution < 1.29 is 22.7 Å². The number of halogens is 3. The molecular formula is C21H25F3N4O2. The number of alkyl halides is 3. The van der Waals surface area contributed by atoms with Gasteiger partial charge in [-0.2, -0.15) is 18.3 Å². The van der Waals surface area contributed by atoms with Crippen LogP contribution in [0.5, 0.6) is 5.75 Å². The van der Waals surface area contributed by atoms with Crippen molar-refractivity contribution in [1.29, 1.82) is 0 Å². The average Bonchev–Trinajstić information content (AvgIpc) is 3.17. The van der Waals surface area contributed by atoms with Crippen LogP contribution in [0, 0.1) is 0 Å². The van der Waals surface area contributed by atoms with E-state index in [4.69, 9.17) is 4.74 Å². The molecule has 2 atom stereocenters. The van der Waals surface area contributed by atoms with Crippen molar-refractivity contribution in [2.75, 3.05) is 12.4 Å². The number of ether oxygens (including phenoxy) is 1. The summed E-state index contributed by atoms with van der Waals surface area (Å²) in [5.41, 5.74) is 0.803. The molecule has 1 saturated carbocycles. The zero-order chi connectivity index (χ0) is 21.3. The molecule has 1 aromatic heterocycles. The highest BCUT2D eigenvalue weighted by molar-refractivity contribution is 5.99. The molecule has 1 aromatic carbocycles. The van der Waals surface area contributed by atoms with E-state index in [0.29, 0.717) is 11.3 Å². The maximum atomic E-state index is 13.8. The monoisotopic (exact) mass is 422 g/mol. The van der Waals surface area contributed by atoms with Crippen LogP contribution in [0.25, 0.3) is 0 Å². The van der Waals surface area contributed by atoms with E-state index in [1.165, 1.54) is 13.3 Å². The lowest BCUT2D eigenvalue weighted by molar-refractivity contribution is -0.173. The first-order valence-corrected chi connectivity index (χ1v) is 10.2. The summed E-state index contributed by atoms with van der Waals surface area (Å²) in [5, 5.41) is 10.0. The molecule has 0 unspecified atom stereocenters. The van der Waals surface area contributed by atoms with Crippen LogP contribution in [-0.2, 0) is 0 Å². The lowest BCUT2D eigenvalue weighted by Gasteiger charge is -2.34. The molecular weight excluding hydrogens is 397 g/mol. The fourth-order valence-corrected chi connectivity index (χ4v) is 4.32. The highest BCUT2D eigenvalue weighted by atomic mass is 19.4. The Morgan fingerprint density at radius 3 is 2.73 bits per heavy atom. The molecule has 1 amide bonds. The summed E-state index contributed by atoms with van der Waals surface area (Å²) in [7, 11) is 1.51. The Kier molecular flexibility index (Phi) is 5.62. The minimum Gasteiger partial charge on any atom is -0.497 e. The second kappa shape index (κ2) is 8.20. The van der Waals surface area contributed by atoms with Crippen LogP contribution < -0.4 is 15.4 Å². The topological polar surface area (TPSA) is 68.2 Å². The van der Waals surface area contributed by atoms with Crippen molar-refractivity contribution >= 4 is 11.7 Å². The molecule has 1 aliphatic carbocycles. The van der Waals surface area contributed by atoms with Gasteiger partial charge < -0.3 is 15.4 Å². The van der Waals surface area contributed by atoms with Crippen molar-refractivity contribution in [3.63, 3.8) is 0 Å². The predicted octanol–water partition coefficient (Wildman–Crippen LogP) is 4.61. The number of nitrogens with zero attached hydrogens (tertiary/aromatic N) is 2. The first kappa shape index (κ1) is 20.6. The number of rotatable bonds is 4. The number of hydrogen-bond donors (Lipinski definition) is 2. The molecule has 0 radical (unpaired) electrons. The third-order valence-corrected chi connectivity index (χ3v) is 5.92. The molecule has 9 heteroatoms. The molecule has 2 heterocycles. The molecule has 162 valence electrons. The number of carbonyl (C=O) groups is 1. The van der Waals surface area contributed by atoms with Gasteiger partial charge in [0.15, 0.2) is 6.04 Å². The maximum Gasteiger partial charge on any atom is 0.410 e. The molecule has 0 spiro atoms. The van der Waals surface area contributed by atoms with Crippen LogP contribution in [0.15, 0.2) is 30.5 Å². The first-order chi connectivity index (χ1) is 14.4. The van der Waals surface area contributed by atoms with Crippen LogP contribution in [-0.4, -0.2) is 35.0 Å². The van der Waals surface area contributed by atoms with Crippen molar-refractivity contribution in [2.24, 2.45) is 0 Å². The minimum absolute atomic E-state index is 0.0537. The van der Waals surface area contributed by atoms with Gasteiger partial charge in [-0.15, -0.1) is 0 Å². The molecule has 2 aromatic rings. The predicted molar refractivity (Wildman–Crippen MR) is 106 cm³/mol. The Hall–Kier alpha value is -2.71. The fourth-order valence-electron chi connectivity index (χ4n) is 4.32. The second-order valence-electron chi connectivity index (χ2n) is 7.93. The van der Waals surface area contributed by atoms with Gasteiger partial charge in [0, 0.05) is 12.5 Å². The minimum atomic E-state index is -4.49. The summed E-state index contributed by atoms with van der Waals surface area (Å²) in [6.07, 6.45) is 1.53. The third kappa shape index (κ3) is 4.11. The number of fused-ring (bicyclic) bond motifs is 1. The van der Waals surface area contributed by atoms with Gasteiger partial charge in [0.25, 0.3) is 5.91 Å². The number of benzene rings is 1. The van der Waals surface area contributed by atoms with Crippen molar-refractivity contribution in [3.8, 4) is 5.75 Å². The lowest BCUT2D eigenvalue weighted by Crippen LogP contribution is -2.38. The van der Waals surface area contributed by atoms with E-state index < -0.39 is 18.3 Å². The van der Waals surface area contributed by atoms with E-state index >= 15 is 0 Å². The average molecular weight is 422 g/mol. The van der Waals surface area contributed by atoms with Gasteiger partial charge >= 0.3 is 6.18 Å². The molecule has 0 bridgehead atoms. The van der Waals surface area contributed by atoms with Crippen LogP contribution >= 0.6 is 0 Å². The van der Waals surface area contributed by atoms with Gasteiger partial charge in [-0.3, -0.25) is 4.79 Å². The van der Waals surface area contributed by atoms with Crippen molar-refractivity contribution in [1.82, 2.24) is 15.1 Å². The Balaban J connectivity index is 1.65. The van der Waals surface area contributed by atoms with Gasteiger partial charge in [0.05, 0.1) is 19.3 Å². The smallest absolute Gasteiger partial charge is 0.410 e. The van der Waals surface area contributed by atoms with E-state index in [9.17, 15) is 18.0 Å². The number of carbonyl (C=O) groups excluding carboxylic acids is 1. The van der Waals surface area contributed by atoms with E-state index in [0.717, 1.165) is 36.8 Å². The van der Waals surface area contributed by atoms with Crippen LogP contribution in [0.1, 0.15) is 66.5 Å². The third-order valence-electron chi connectivity index (χ3n) is 5.92. The molecule has 6 nitrogen and oxygen atoms in total. The summed E-state index contributed by atoms with van der Waals surface area (Å²) in [4.78, 5) is 12.8. The van der Waals surface area contributed by atoms with Crippen LogP contribution in [0.3, 0.4) is 0 Å². The van der Waals surface area contributed by atoms with Crippen molar-refractivity contribution in [3.05, 3.63) is 41.6 Å². The van der Waals surface area contributed by atoms with E-state index in [2.05, 4.69) is 15.7 Å². The SMILES string of the molecule is COc1cccc([C@@H]2C[C@H](C(F)(F)F)n3ncc(C(=O)NC4CCCCC4)c3N2)c1. The van der Waals surface area contributed by atoms with E-state index in [1.54, 1.807) is 24.3 Å². The van der Waals surface area contributed by atoms with Gasteiger partial charge in [-0.1, -0.05) is 31.4 Å².